The van der Waals surface area contributed by atoms with Crippen molar-refractivity contribution in [2.24, 2.45) is 0 Å². The Bertz CT molecular complexity index is 408. The molecule has 14 heavy (non-hydrogen) atoms. The molecule has 0 aliphatic heterocycles. The molecule has 2 nitrogen and oxygen atoms in total. The predicted octanol–water partition coefficient (Wildman–Crippen LogP) is 1.94. The van der Waals surface area contributed by atoms with Crippen molar-refractivity contribution >= 4 is 5.78 Å². The number of aryl methyl sites for hydroxylation is 1. The van der Waals surface area contributed by atoms with E-state index in [4.69, 9.17) is 4.74 Å². The van der Waals surface area contributed by atoms with E-state index in [1.807, 2.05) is 25.1 Å². The average Bonchev–Trinajstić information content (AvgIpc) is 2.14. The van der Waals surface area contributed by atoms with Gasteiger partial charge in [0, 0.05) is 12.5 Å². The van der Waals surface area contributed by atoms with E-state index in [9.17, 15) is 4.79 Å². The van der Waals surface area contributed by atoms with Crippen LogP contribution in [0.15, 0.2) is 18.2 Å². The summed E-state index contributed by atoms with van der Waals surface area (Å²) in [5.41, 5.74) is 1.87. The van der Waals surface area contributed by atoms with Gasteiger partial charge in [0.2, 0.25) is 5.78 Å². The number of carbonyl (C=O) groups is 1. The van der Waals surface area contributed by atoms with Crippen LogP contribution in [0, 0.1) is 18.8 Å². The molecule has 1 aromatic rings. The topological polar surface area (TPSA) is 26.3 Å². The van der Waals surface area contributed by atoms with Crippen LogP contribution in [0.1, 0.15) is 18.1 Å². The van der Waals surface area contributed by atoms with Gasteiger partial charge >= 0.3 is 0 Å². The Labute approximate surface area is 83.9 Å². The van der Waals surface area contributed by atoms with Gasteiger partial charge in [0.1, 0.15) is 5.75 Å². The van der Waals surface area contributed by atoms with Crippen LogP contribution in [-0.2, 0) is 4.79 Å². The highest BCUT2D eigenvalue weighted by molar-refractivity contribution is 5.93. The summed E-state index contributed by atoms with van der Waals surface area (Å²) in [6.45, 7) is 3.40. The van der Waals surface area contributed by atoms with Crippen molar-refractivity contribution in [3.63, 3.8) is 0 Å². The lowest BCUT2D eigenvalue weighted by molar-refractivity contribution is -0.111. The fraction of sp³-hybridized carbons (Fsp3) is 0.250. The third-order valence-corrected chi connectivity index (χ3v) is 1.67. The first kappa shape index (κ1) is 10.3. The number of benzene rings is 1. The van der Waals surface area contributed by atoms with Crippen LogP contribution >= 0.6 is 0 Å². The molecular weight excluding hydrogens is 176 g/mol. The monoisotopic (exact) mass is 188 g/mol. The van der Waals surface area contributed by atoms with E-state index in [0.717, 1.165) is 16.9 Å². The lowest BCUT2D eigenvalue weighted by Gasteiger charge is -2.01. The number of hydrogen-bond donors (Lipinski definition) is 0. The number of Topliss-reactive ketones (excluding diaryl/α,β-unsaturated/α-hetero) is 1. The maximum absolute atomic E-state index is 10.7. The molecule has 2 heteroatoms. The van der Waals surface area contributed by atoms with Crippen molar-refractivity contribution in [2.75, 3.05) is 7.11 Å². The Balaban J connectivity index is 3.05. The van der Waals surface area contributed by atoms with Crippen LogP contribution in [0.4, 0.5) is 0 Å². The normalized spacial score (nSPS) is 8.79. The van der Waals surface area contributed by atoms with Gasteiger partial charge < -0.3 is 4.74 Å². The van der Waals surface area contributed by atoms with Gasteiger partial charge in [-0.15, -0.1) is 0 Å². The van der Waals surface area contributed by atoms with E-state index in [1.165, 1.54) is 6.92 Å². The smallest absolute Gasteiger partial charge is 0.202 e. The highest BCUT2D eigenvalue weighted by Crippen LogP contribution is 2.15. The fourth-order valence-corrected chi connectivity index (χ4v) is 1.10. The second-order valence-corrected chi connectivity index (χ2v) is 3.05. The molecular formula is C12H12O2. The molecule has 0 radical (unpaired) electrons. The summed E-state index contributed by atoms with van der Waals surface area (Å²) in [6, 6.07) is 5.64. The quantitative estimate of drug-likeness (QED) is 0.629. The molecule has 72 valence electrons. The summed E-state index contributed by atoms with van der Waals surface area (Å²) in [5.74, 6) is 5.90. The van der Waals surface area contributed by atoms with Crippen LogP contribution < -0.4 is 4.74 Å². The van der Waals surface area contributed by atoms with E-state index in [0.29, 0.717) is 0 Å². The summed E-state index contributed by atoms with van der Waals surface area (Å²) in [5, 5.41) is 0. The molecule has 1 rings (SSSR count). The Morgan fingerprint density at radius 2 is 2.07 bits per heavy atom. The maximum atomic E-state index is 10.7. The number of hydrogen-bond acceptors (Lipinski definition) is 2. The number of rotatable bonds is 1. The molecule has 0 spiro atoms. The summed E-state index contributed by atoms with van der Waals surface area (Å²) in [7, 11) is 1.61. The van der Waals surface area contributed by atoms with E-state index < -0.39 is 0 Å². The molecule has 0 saturated carbocycles. The van der Waals surface area contributed by atoms with E-state index in [2.05, 4.69) is 11.8 Å². The zero-order valence-corrected chi connectivity index (χ0v) is 8.55. The Morgan fingerprint density at radius 3 is 2.64 bits per heavy atom. The van der Waals surface area contributed by atoms with Gasteiger partial charge in [0.25, 0.3) is 0 Å². The van der Waals surface area contributed by atoms with Crippen molar-refractivity contribution in [1.29, 1.82) is 0 Å². The van der Waals surface area contributed by atoms with Crippen LogP contribution in [0.2, 0.25) is 0 Å². The van der Waals surface area contributed by atoms with Crippen molar-refractivity contribution in [3.05, 3.63) is 29.3 Å². The molecule has 0 aliphatic rings. The molecule has 1 aromatic carbocycles. The van der Waals surface area contributed by atoms with E-state index >= 15 is 0 Å². The molecule has 0 bridgehead atoms. The average molecular weight is 188 g/mol. The first-order valence-corrected chi connectivity index (χ1v) is 4.30. The number of ether oxygens (including phenoxy) is 1. The fourth-order valence-electron chi connectivity index (χ4n) is 1.10. The van der Waals surface area contributed by atoms with Crippen molar-refractivity contribution in [1.82, 2.24) is 0 Å². The molecule has 0 fully saturated rings. The summed E-state index contributed by atoms with van der Waals surface area (Å²) < 4.78 is 5.09. The maximum Gasteiger partial charge on any atom is 0.202 e. The van der Waals surface area contributed by atoms with Gasteiger partial charge in [-0.25, -0.2) is 0 Å². The van der Waals surface area contributed by atoms with Gasteiger partial charge in [0.05, 0.1) is 7.11 Å². The van der Waals surface area contributed by atoms with Gasteiger partial charge in [-0.2, -0.15) is 0 Å². The molecule has 0 heterocycles. The molecule has 0 aromatic heterocycles. The second kappa shape index (κ2) is 4.48. The van der Waals surface area contributed by atoms with E-state index in [1.54, 1.807) is 7.11 Å². The minimum atomic E-state index is -0.134. The van der Waals surface area contributed by atoms with Crippen LogP contribution in [-0.4, -0.2) is 12.9 Å². The van der Waals surface area contributed by atoms with Gasteiger partial charge in [-0.05, 0) is 36.6 Å². The Hall–Kier alpha value is -1.75. The highest BCUT2D eigenvalue weighted by Gasteiger charge is 1.95. The molecule has 0 amide bonds. The van der Waals surface area contributed by atoms with Crippen LogP contribution in [0.25, 0.3) is 0 Å². The first-order valence-electron chi connectivity index (χ1n) is 4.30. The standard InChI is InChI=1S/C12H12O2/c1-9-6-11(5-4-10(2)13)8-12(7-9)14-3/h6-8H,1-3H3. The largest absolute Gasteiger partial charge is 0.497 e. The number of carbonyl (C=O) groups excluding carboxylic acids is 1. The Morgan fingerprint density at radius 1 is 1.36 bits per heavy atom. The zero-order valence-electron chi connectivity index (χ0n) is 8.55. The van der Waals surface area contributed by atoms with Gasteiger partial charge in [0.15, 0.2) is 0 Å². The van der Waals surface area contributed by atoms with Crippen LogP contribution in [0.5, 0.6) is 5.75 Å². The minimum absolute atomic E-state index is 0.134. The molecule has 0 unspecified atom stereocenters. The number of ketones is 1. The van der Waals surface area contributed by atoms with Crippen LogP contribution in [0.3, 0.4) is 0 Å². The highest BCUT2D eigenvalue weighted by atomic mass is 16.5. The summed E-state index contributed by atoms with van der Waals surface area (Å²) in [4.78, 5) is 10.7. The van der Waals surface area contributed by atoms with Gasteiger partial charge in [-0.3, -0.25) is 4.79 Å². The predicted molar refractivity (Wildman–Crippen MR) is 55.3 cm³/mol. The molecule has 0 saturated heterocycles. The molecule has 0 N–H and O–H groups in total. The first-order chi connectivity index (χ1) is 6.61. The lowest BCUT2D eigenvalue weighted by Crippen LogP contribution is -1.87. The van der Waals surface area contributed by atoms with Crippen molar-refractivity contribution in [3.8, 4) is 17.6 Å². The summed E-state index contributed by atoms with van der Waals surface area (Å²) >= 11 is 0. The number of methoxy groups -OCH3 is 1. The third-order valence-electron chi connectivity index (χ3n) is 1.67. The third kappa shape index (κ3) is 2.95. The zero-order chi connectivity index (χ0) is 10.6. The van der Waals surface area contributed by atoms with Gasteiger partial charge in [-0.1, -0.05) is 5.92 Å². The molecule has 0 atom stereocenters. The van der Waals surface area contributed by atoms with Crippen molar-refractivity contribution < 1.29 is 9.53 Å². The van der Waals surface area contributed by atoms with E-state index in [-0.39, 0.29) is 5.78 Å². The Kier molecular flexibility index (Phi) is 3.30. The minimum Gasteiger partial charge on any atom is -0.497 e. The second-order valence-electron chi connectivity index (χ2n) is 3.05. The SMILES string of the molecule is COc1cc(C)cc(C#CC(C)=O)c1. The molecule has 0 aliphatic carbocycles. The lowest BCUT2D eigenvalue weighted by atomic mass is 10.1. The summed E-state index contributed by atoms with van der Waals surface area (Å²) in [6.07, 6.45) is 0. The van der Waals surface area contributed by atoms with Crippen molar-refractivity contribution in [2.45, 2.75) is 13.8 Å².